The molecule has 5 nitrogen and oxygen atoms in total. The molecule has 5 heteroatoms. The fraction of sp³-hybridized carbons (Fsp3) is 0.185. The number of anilines is 2. The molecule has 2 aliphatic rings. The Morgan fingerprint density at radius 3 is 2.34 bits per heavy atom. The standard InChI is InChI=1S/C27H24N2O3/c1-17-8-9-18(2)23(16-17)29-26(30)24(20-10-12-21(32-3)13-11-20)25(27(29)31)28-15-14-19-6-4-5-7-22(19)28/h4-13,16H,14-15H2,1-3H3. The molecule has 2 aliphatic heterocycles. The van der Waals surface area contributed by atoms with Gasteiger partial charge in [-0.2, -0.15) is 0 Å². The number of hydrogen-bond donors (Lipinski definition) is 0. The summed E-state index contributed by atoms with van der Waals surface area (Å²) in [6.45, 7) is 4.54. The Morgan fingerprint density at radius 2 is 1.59 bits per heavy atom. The number of hydrogen-bond acceptors (Lipinski definition) is 4. The van der Waals surface area contributed by atoms with Crippen molar-refractivity contribution in [2.45, 2.75) is 20.3 Å². The quantitative estimate of drug-likeness (QED) is 0.572. The number of para-hydroxylation sites is 1. The van der Waals surface area contributed by atoms with Crippen LogP contribution in [0.15, 0.2) is 72.4 Å². The van der Waals surface area contributed by atoms with Crippen molar-refractivity contribution in [2.24, 2.45) is 0 Å². The summed E-state index contributed by atoms with van der Waals surface area (Å²) in [4.78, 5) is 31.0. The highest BCUT2D eigenvalue weighted by molar-refractivity contribution is 6.46. The molecule has 3 aromatic rings. The van der Waals surface area contributed by atoms with Gasteiger partial charge >= 0.3 is 0 Å². The number of amides is 2. The number of ether oxygens (including phenoxy) is 1. The third kappa shape index (κ3) is 3.09. The molecule has 32 heavy (non-hydrogen) atoms. The lowest BCUT2D eigenvalue weighted by molar-refractivity contribution is -0.120. The van der Waals surface area contributed by atoms with E-state index < -0.39 is 0 Å². The Bertz CT molecular complexity index is 1270. The molecule has 0 saturated heterocycles. The average Bonchev–Trinajstić information content (AvgIpc) is 3.33. The molecular weight excluding hydrogens is 400 g/mol. The minimum atomic E-state index is -0.298. The van der Waals surface area contributed by atoms with E-state index in [4.69, 9.17) is 4.74 Å². The Morgan fingerprint density at radius 1 is 0.844 bits per heavy atom. The van der Waals surface area contributed by atoms with E-state index in [-0.39, 0.29) is 11.8 Å². The van der Waals surface area contributed by atoms with Crippen molar-refractivity contribution in [1.82, 2.24) is 0 Å². The molecule has 0 aliphatic carbocycles. The lowest BCUT2D eigenvalue weighted by Gasteiger charge is -2.22. The van der Waals surface area contributed by atoms with Crippen molar-refractivity contribution in [3.8, 4) is 5.75 Å². The number of nitrogens with zero attached hydrogens (tertiary/aromatic N) is 2. The molecule has 0 spiro atoms. The summed E-state index contributed by atoms with van der Waals surface area (Å²) in [5.41, 5.74) is 6.25. The van der Waals surface area contributed by atoms with Crippen LogP contribution in [0.1, 0.15) is 22.3 Å². The minimum Gasteiger partial charge on any atom is -0.497 e. The first-order valence-electron chi connectivity index (χ1n) is 10.7. The van der Waals surface area contributed by atoms with Crippen LogP contribution in [-0.4, -0.2) is 25.5 Å². The fourth-order valence-corrected chi connectivity index (χ4v) is 4.54. The van der Waals surface area contributed by atoms with Gasteiger partial charge in [-0.25, -0.2) is 4.90 Å². The van der Waals surface area contributed by atoms with Gasteiger partial charge in [0, 0.05) is 12.2 Å². The van der Waals surface area contributed by atoms with Crippen molar-refractivity contribution >= 4 is 28.8 Å². The van der Waals surface area contributed by atoms with Gasteiger partial charge < -0.3 is 9.64 Å². The van der Waals surface area contributed by atoms with Crippen LogP contribution in [0.4, 0.5) is 11.4 Å². The lowest BCUT2D eigenvalue weighted by atomic mass is 10.0. The van der Waals surface area contributed by atoms with Crippen molar-refractivity contribution in [3.63, 3.8) is 0 Å². The zero-order valence-electron chi connectivity index (χ0n) is 18.4. The first kappa shape index (κ1) is 20.1. The van der Waals surface area contributed by atoms with E-state index in [0.717, 1.165) is 23.2 Å². The SMILES string of the molecule is COc1ccc(C2=C(N3CCc4ccccc43)C(=O)N(c3cc(C)ccc3C)C2=O)cc1. The average molecular weight is 425 g/mol. The monoisotopic (exact) mass is 424 g/mol. The number of aryl methyl sites for hydroxylation is 2. The van der Waals surface area contributed by atoms with E-state index in [9.17, 15) is 9.59 Å². The normalized spacial score (nSPS) is 15.6. The van der Waals surface area contributed by atoms with Crippen LogP contribution in [-0.2, 0) is 16.0 Å². The molecule has 0 fully saturated rings. The predicted octanol–water partition coefficient (Wildman–Crippen LogP) is 4.66. The molecule has 0 atom stereocenters. The topological polar surface area (TPSA) is 49.9 Å². The molecule has 0 saturated carbocycles. The van der Waals surface area contributed by atoms with Crippen LogP contribution in [0.25, 0.3) is 5.57 Å². The largest absolute Gasteiger partial charge is 0.497 e. The number of methoxy groups -OCH3 is 1. The second kappa shape index (κ2) is 7.68. The summed E-state index contributed by atoms with van der Waals surface area (Å²) in [5.74, 6) is 0.116. The van der Waals surface area contributed by atoms with Crippen molar-refractivity contribution in [2.75, 3.05) is 23.5 Å². The summed E-state index contributed by atoms with van der Waals surface area (Å²) in [6, 6.07) is 21.2. The zero-order chi connectivity index (χ0) is 22.4. The van der Waals surface area contributed by atoms with Crippen molar-refractivity contribution in [3.05, 3.63) is 94.7 Å². The first-order valence-corrected chi connectivity index (χ1v) is 10.7. The van der Waals surface area contributed by atoms with E-state index in [2.05, 4.69) is 6.07 Å². The van der Waals surface area contributed by atoms with Gasteiger partial charge in [0.05, 0.1) is 18.4 Å². The number of fused-ring (bicyclic) bond motifs is 1. The highest BCUT2D eigenvalue weighted by Gasteiger charge is 2.44. The van der Waals surface area contributed by atoms with E-state index in [1.165, 1.54) is 10.5 Å². The van der Waals surface area contributed by atoms with Crippen LogP contribution in [0, 0.1) is 13.8 Å². The summed E-state index contributed by atoms with van der Waals surface area (Å²) in [5, 5.41) is 0. The summed E-state index contributed by atoms with van der Waals surface area (Å²) < 4.78 is 5.28. The molecule has 0 radical (unpaired) electrons. The van der Waals surface area contributed by atoms with E-state index in [0.29, 0.717) is 34.8 Å². The molecule has 0 bridgehead atoms. The molecule has 160 valence electrons. The lowest BCUT2D eigenvalue weighted by Crippen LogP contribution is -2.35. The fourth-order valence-electron chi connectivity index (χ4n) is 4.54. The third-order valence-corrected chi connectivity index (χ3v) is 6.20. The maximum absolute atomic E-state index is 13.9. The van der Waals surface area contributed by atoms with Gasteiger partial charge in [0.25, 0.3) is 11.8 Å². The highest BCUT2D eigenvalue weighted by atomic mass is 16.5. The van der Waals surface area contributed by atoms with E-state index >= 15 is 0 Å². The third-order valence-electron chi connectivity index (χ3n) is 6.20. The molecule has 2 heterocycles. The van der Waals surface area contributed by atoms with Crippen molar-refractivity contribution in [1.29, 1.82) is 0 Å². The Hall–Kier alpha value is -3.86. The minimum absolute atomic E-state index is 0.286. The molecule has 2 amide bonds. The summed E-state index contributed by atoms with van der Waals surface area (Å²) >= 11 is 0. The van der Waals surface area contributed by atoms with Gasteiger partial charge in [-0.3, -0.25) is 9.59 Å². The first-order chi connectivity index (χ1) is 15.5. The second-order valence-corrected chi connectivity index (χ2v) is 8.22. The Balaban J connectivity index is 1.69. The number of carbonyl (C=O) groups excluding carboxylic acids is 2. The number of imide groups is 1. The van der Waals surface area contributed by atoms with Crippen LogP contribution in [0.3, 0.4) is 0 Å². The Labute approximate surface area is 187 Å². The van der Waals surface area contributed by atoms with Gasteiger partial charge in [-0.05, 0) is 66.8 Å². The molecular formula is C27H24N2O3. The van der Waals surface area contributed by atoms with Gasteiger partial charge in [0.2, 0.25) is 0 Å². The zero-order valence-corrected chi connectivity index (χ0v) is 18.4. The number of benzene rings is 3. The van der Waals surface area contributed by atoms with Gasteiger partial charge in [-0.1, -0.05) is 42.5 Å². The van der Waals surface area contributed by atoms with Crippen LogP contribution in [0.5, 0.6) is 5.75 Å². The highest BCUT2D eigenvalue weighted by Crippen LogP contribution is 2.41. The molecule has 5 rings (SSSR count). The smallest absolute Gasteiger partial charge is 0.282 e. The van der Waals surface area contributed by atoms with E-state index in [1.54, 1.807) is 7.11 Å². The molecule has 0 N–H and O–H groups in total. The molecule has 0 aromatic heterocycles. The Kier molecular flexibility index (Phi) is 4.82. The van der Waals surface area contributed by atoms with Gasteiger partial charge in [0.15, 0.2) is 0 Å². The van der Waals surface area contributed by atoms with Gasteiger partial charge in [0.1, 0.15) is 11.4 Å². The van der Waals surface area contributed by atoms with Crippen molar-refractivity contribution < 1.29 is 14.3 Å². The number of rotatable bonds is 4. The summed E-state index contributed by atoms with van der Waals surface area (Å²) in [7, 11) is 1.60. The number of carbonyl (C=O) groups is 2. The van der Waals surface area contributed by atoms with E-state index in [1.807, 2.05) is 79.4 Å². The summed E-state index contributed by atoms with van der Waals surface area (Å²) in [6.07, 6.45) is 0.834. The predicted molar refractivity (Wildman–Crippen MR) is 126 cm³/mol. The van der Waals surface area contributed by atoms with Gasteiger partial charge in [-0.15, -0.1) is 0 Å². The van der Waals surface area contributed by atoms with Crippen LogP contribution >= 0.6 is 0 Å². The van der Waals surface area contributed by atoms with Crippen LogP contribution < -0.4 is 14.5 Å². The molecule has 0 unspecified atom stereocenters. The molecule has 3 aromatic carbocycles. The second-order valence-electron chi connectivity index (χ2n) is 8.22. The maximum atomic E-state index is 13.9. The maximum Gasteiger partial charge on any atom is 0.282 e. The van der Waals surface area contributed by atoms with Crippen LogP contribution in [0.2, 0.25) is 0 Å².